The smallest absolute Gasteiger partial charge is 0.261 e. The Labute approximate surface area is 136 Å². The Kier molecular flexibility index (Phi) is 5.05. The maximum atomic E-state index is 12.4. The maximum Gasteiger partial charge on any atom is 0.261 e. The highest BCUT2D eigenvalue weighted by atomic mass is 32.2. The lowest BCUT2D eigenvalue weighted by atomic mass is 10.0. The van der Waals surface area contributed by atoms with Crippen LogP contribution in [0.15, 0.2) is 53.4 Å². The SMILES string of the molecule is CC(C)c1ccc(S(=O)(=O)Nc2ccc(CC(N)=O)cc2)cc1. The second kappa shape index (κ2) is 6.83. The van der Waals surface area contributed by atoms with Crippen LogP contribution in [0.5, 0.6) is 0 Å². The molecule has 0 atom stereocenters. The van der Waals surface area contributed by atoms with E-state index in [1.807, 2.05) is 12.1 Å². The van der Waals surface area contributed by atoms with Gasteiger partial charge in [0.05, 0.1) is 11.3 Å². The average Bonchev–Trinajstić information content (AvgIpc) is 2.48. The van der Waals surface area contributed by atoms with Crippen molar-refractivity contribution >= 4 is 21.6 Å². The Balaban J connectivity index is 2.15. The zero-order chi connectivity index (χ0) is 17.0. The maximum absolute atomic E-state index is 12.4. The molecule has 0 aliphatic rings. The van der Waals surface area contributed by atoms with Gasteiger partial charge in [-0.1, -0.05) is 38.1 Å². The molecule has 2 aromatic carbocycles. The van der Waals surface area contributed by atoms with Crippen LogP contribution >= 0.6 is 0 Å². The summed E-state index contributed by atoms with van der Waals surface area (Å²) >= 11 is 0. The van der Waals surface area contributed by atoms with Crippen LogP contribution in [0.4, 0.5) is 5.69 Å². The molecule has 0 bridgehead atoms. The van der Waals surface area contributed by atoms with Crippen molar-refractivity contribution < 1.29 is 13.2 Å². The molecular formula is C17H20N2O3S. The molecule has 3 N–H and O–H groups in total. The summed E-state index contributed by atoms with van der Waals surface area (Å²) in [5, 5.41) is 0. The highest BCUT2D eigenvalue weighted by Crippen LogP contribution is 2.20. The van der Waals surface area contributed by atoms with Crippen LogP contribution in [0, 0.1) is 0 Å². The fourth-order valence-electron chi connectivity index (χ4n) is 2.14. The van der Waals surface area contributed by atoms with Crippen LogP contribution in [0.3, 0.4) is 0 Å². The van der Waals surface area contributed by atoms with Crippen molar-refractivity contribution in [2.45, 2.75) is 31.1 Å². The van der Waals surface area contributed by atoms with Gasteiger partial charge in [0, 0.05) is 5.69 Å². The molecule has 5 nitrogen and oxygen atoms in total. The fourth-order valence-corrected chi connectivity index (χ4v) is 3.20. The Hall–Kier alpha value is -2.34. The van der Waals surface area contributed by atoms with Crippen molar-refractivity contribution in [3.63, 3.8) is 0 Å². The Bertz CT molecular complexity index is 780. The molecule has 122 valence electrons. The summed E-state index contributed by atoms with van der Waals surface area (Å²) in [4.78, 5) is 11.1. The Morgan fingerprint density at radius 1 is 1.04 bits per heavy atom. The van der Waals surface area contributed by atoms with Crippen molar-refractivity contribution in [2.75, 3.05) is 4.72 Å². The quantitative estimate of drug-likeness (QED) is 0.852. The molecule has 0 spiro atoms. The molecule has 1 amide bonds. The first-order valence-corrected chi connectivity index (χ1v) is 8.76. The molecule has 0 aliphatic heterocycles. The Morgan fingerprint density at radius 2 is 1.61 bits per heavy atom. The van der Waals surface area contributed by atoms with E-state index < -0.39 is 15.9 Å². The molecule has 0 radical (unpaired) electrons. The number of nitrogens with one attached hydrogen (secondary N) is 1. The van der Waals surface area contributed by atoms with Gasteiger partial charge in [0.15, 0.2) is 0 Å². The van der Waals surface area contributed by atoms with Gasteiger partial charge >= 0.3 is 0 Å². The molecular weight excluding hydrogens is 312 g/mol. The van der Waals surface area contributed by atoms with Crippen molar-refractivity contribution in [3.05, 3.63) is 59.7 Å². The minimum atomic E-state index is -3.63. The van der Waals surface area contributed by atoms with E-state index in [2.05, 4.69) is 18.6 Å². The first kappa shape index (κ1) is 17.0. The number of benzene rings is 2. The second-order valence-corrected chi connectivity index (χ2v) is 7.35. The van der Waals surface area contributed by atoms with Crippen molar-refractivity contribution in [1.29, 1.82) is 0 Å². The van der Waals surface area contributed by atoms with E-state index in [1.165, 1.54) is 0 Å². The van der Waals surface area contributed by atoms with E-state index in [9.17, 15) is 13.2 Å². The van der Waals surface area contributed by atoms with Crippen LogP contribution in [0.2, 0.25) is 0 Å². The van der Waals surface area contributed by atoms with E-state index in [0.29, 0.717) is 11.6 Å². The van der Waals surface area contributed by atoms with Crippen LogP contribution < -0.4 is 10.5 Å². The molecule has 0 aliphatic carbocycles. The highest BCUT2D eigenvalue weighted by molar-refractivity contribution is 7.92. The molecule has 0 heterocycles. The van der Waals surface area contributed by atoms with Crippen LogP contribution in [-0.4, -0.2) is 14.3 Å². The van der Waals surface area contributed by atoms with Gasteiger partial charge in [-0.05, 0) is 41.3 Å². The van der Waals surface area contributed by atoms with Gasteiger partial charge in [-0.2, -0.15) is 0 Å². The van der Waals surface area contributed by atoms with Gasteiger partial charge < -0.3 is 5.73 Å². The normalized spacial score (nSPS) is 11.4. The van der Waals surface area contributed by atoms with Gasteiger partial charge in [0.25, 0.3) is 10.0 Å². The van der Waals surface area contributed by atoms with Gasteiger partial charge in [0.1, 0.15) is 0 Å². The van der Waals surface area contributed by atoms with Crippen molar-refractivity contribution in [2.24, 2.45) is 5.73 Å². The number of amides is 1. The summed E-state index contributed by atoms with van der Waals surface area (Å²) < 4.78 is 27.2. The molecule has 0 aromatic heterocycles. The molecule has 2 rings (SSSR count). The second-order valence-electron chi connectivity index (χ2n) is 5.67. The summed E-state index contributed by atoms with van der Waals surface area (Å²) in [5.41, 5.74) is 7.38. The number of hydrogen-bond donors (Lipinski definition) is 2. The summed E-state index contributed by atoms with van der Waals surface area (Å²) in [6.45, 7) is 4.10. The van der Waals surface area contributed by atoms with E-state index in [1.54, 1.807) is 36.4 Å². The number of carbonyl (C=O) groups excluding carboxylic acids is 1. The van der Waals surface area contributed by atoms with Gasteiger partial charge in [-0.3, -0.25) is 9.52 Å². The zero-order valence-electron chi connectivity index (χ0n) is 13.1. The summed E-state index contributed by atoms with van der Waals surface area (Å²) in [7, 11) is -3.63. The number of hydrogen-bond acceptors (Lipinski definition) is 3. The number of carbonyl (C=O) groups is 1. The minimum absolute atomic E-state index is 0.129. The molecule has 6 heteroatoms. The van der Waals surface area contributed by atoms with Gasteiger partial charge in [0.2, 0.25) is 5.91 Å². The first-order chi connectivity index (χ1) is 10.8. The topological polar surface area (TPSA) is 89.3 Å². The monoisotopic (exact) mass is 332 g/mol. The summed E-state index contributed by atoms with van der Waals surface area (Å²) in [5.74, 6) is -0.0823. The van der Waals surface area contributed by atoms with Crippen molar-refractivity contribution in [1.82, 2.24) is 0 Å². The van der Waals surface area contributed by atoms with Crippen LogP contribution in [-0.2, 0) is 21.2 Å². The lowest BCUT2D eigenvalue weighted by Gasteiger charge is -2.10. The third-order valence-electron chi connectivity index (χ3n) is 3.44. The lowest BCUT2D eigenvalue weighted by molar-refractivity contribution is -0.117. The minimum Gasteiger partial charge on any atom is -0.369 e. The molecule has 23 heavy (non-hydrogen) atoms. The third kappa shape index (κ3) is 4.56. The fraction of sp³-hybridized carbons (Fsp3) is 0.235. The van der Waals surface area contributed by atoms with Gasteiger partial charge in [-0.15, -0.1) is 0 Å². The van der Waals surface area contributed by atoms with Crippen LogP contribution in [0.25, 0.3) is 0 Å². The molecule has 0 saturated carbocycles. The number of sulfonamides is 1. The number of primary amides is 1. The average molecular weight is 332 g/mol. The number of rotatable bonds is 6. The highest BCUT2D eigenvalue weighted by Gasteiger charge is 2.14. The Morgan fingerprint density at radius 3 is 2.09 bits per heavy atom. The summed E-state index contributed by atoms with van der Waals surface area (Å²) in [6.07, 6.45) is 0.129. The first-order valence-electron chi connectivity index (χ1n) is 7.28. The standard InChI is InChI=1S/C17H20N2O3S/c1-12(2)14-5-9-16(10-6-14)23(21,22)19-15-7-3-13(4-8-15)11-17(18)20/h3-10,12,19H,11H2,1-2H3,(H2,18,20). The number of anilines is 1. The largest absolute Gasteiger partial charge is 0.369 e. The zero-order valence-corrected chi connectivity index (χ0v) is 13.9. The molecule has 0 saturated heterocycles. The predicted octanol–water partition coefficient (Wildman–Crippen LogP) is 2.64. The molecule has 0 unspecified atom stereocenters. The predicted molar refractivity (Wildman–Crippen MR) is 90.7 cm³/mol. The van der Waals surface area contributed by atoms with Crippen LogP contribution in [0.1, 0.15) is 30.9 Å². The lowest BCUT2D eigenvalue weighted by Crippen LogP contribution is -2.14. The van der Waals surface area contributed by atoms with Gasteiger partial charge in [-0.25, -0.2) is 8.42 Å². The van der Waals surface area contributed by atoms with E-state index in [4.69, 9.17) is 5.73 Å². The van der Waals surface area contributed by atoms with E-state index in [-0.39, 0.29) is 11.3 Å². The van der Waals surface area contributed by atoms with E-state index in [0.717, 1.165) is 11.1 Å². The molecule has 2 aromatic rings. The molecule has 0 fully saturated rings. The van der Waals surface area contributed by atoms with Crippen molar-refractivity contribution in [3.8, 4) is 0 Å². The summed E-state index contributed by atoms with van der Waals surface area (Å²) in [6, 6.07) is 13.4. The van der Waals surface area contributed by atoms with E-state index >= 15 is 0 Å². The number of nitrogens with two attached hydrogens (primary N) is 1. The third-order valence-corrected chi connectivity index (χ3v) is 4.84.